The summed E-state index contributed by atoms with van der Waals surface area (Å²) in [6.45, 7) is 0. The Kier molecular flexibility index (Phi) is 7.64. The first-order chi connectivity index (χ1) is 25.2. The summed E-state index contributed by atoms with van der Waals surface area (Å²) in [4.78, 5) is 5.22. The van der Waals surface area contributed by atoms with E-state index in [1.165, 1.54) is 16.2 Å². The van der Waals surface area contributed by atoms with Crippen LogP contribution in [0.2, 0.25) is 0 Å². The van der Waals surface area contributed by atoms with Crippen LogP contribution in [0.15, 0.2) is 191 Å². The highest BCUT2D eigenvalue weighted by molar-refractivity contribution is 6.20. The van der Waals surface area contributed by atoms with Gasteiger partial charge in [0.05, 0.1) is 11.4 Å². The van der Waals surface area contributed by atoms with Crippen LogP contribution >= 0.6 is 0 Å². The van der Waals surface area contributed by atoms with E-state index in [9.17, 15) is 5.41 Å². The molecule has 0 saturated heterocycles. The van der Waals surface area contributed by atoms with Gasteiger partial charge >= 0.3 is 0 Å². The molecule has 0 bridgehead atoms. The van der Waals surface area contributed by atoms with Crippen LogP contribution in [0.25, 0.3) is 71.4 Å². The number of furan rings is 1. The van der Waals surface area contributed by atoms with Gasteiger partial charge in [0.1, 0.15) is 11.3 Å². The molecule has 0 aliphatic carbocycles. The molecule has 9 aromatic rings. The molecule has 0 atom stereocenters. The fourth-order valence-corrected chi connectivity index (χ4v) is 6.97. The van der Waals surface area contributed by atoms with Gasteiger partial charge in [-0.3, -0.25) is 4.99 Å². The number of nitrogens with zero attached hydrogens (tertiary/aromatic N) is 1. The summed E-state index contributed by atoms with van der Waals surface area (Å²) in [5, 5.41) is 17.3. The summed E-state index contributed by atoms with van der Waals surface area (Å²) >= 11 is 0. The molecule has 0 amide bonds. The number of para-hydroxylation sites is 1. The average molecular weight is 653 g/mol. The van der Waals surface area contributed by atoms with Gasteiger partial charge in [-0.25, -0.2) is 0 Å². The predicted octanol–water partition coefficient (Wildman–Crippen LogP) is 12.8. The lowest BCUT2D eigenvalue weighted by molar-refractivity contribution is 0.631. The average Bonchev–Trinajstić information content (AvgIpc) is 3.64. The molecule has 0 aliphatic rings. The number of aliphatic imine (C=N–C) groups is 1. The topological polar surface area (TPSA) is 49.4 Å². The summed E-state index contributed by atoms with van der Waals surface area (Å²) in [6.07, 6.45) is 3.85. The van der Waals surface area contributed by atoms with E-state index in [-0.39, 0.29) is 0 Å². The number of benzene rings is 8. The minimum Gasteiger partial charge on any atom is -0.456 e. The zero-order chi connectivity index (χ0) is 34.1. The van der Waals surface area contributed by atoms with Crippen LogP contribution < -0.4 is 0 Å². The predicted molar refractivity (Wildman–Crippen MR) is 215 cm³/mol. The monoisotopic (exact) mass is 652 g/mol. The Hall–Kier alpha value is -6.84. The quantitative estimate of drug-likeness (QED) is 0.104. The number of fused-ring (bicyclic) bond motifs is 5. The van der Waals surface area contributed by atoms with Gasteiger partial charge in [-0.2, -0.15) is 0 Å². The minimum atomic E-state index is 0.379. The molecular formula is C48H32N2O. The van der Waals surface area contributed by atoms with E-state index in [4.69, 9.17) is 9.41 Å². The molecule has 8 aromatic carbocycles. The van der Waals surface area contributed by atoms with Crippen molar-refractivity contribution in [1.29, 1.82) is 5.41 Å². The van der Waals surface area contributed by atoms with E-state index in [0.717, 1.165) is 66.3 Å². The molecule has 1 aromatic heterocycles. The van der Waals surface area contributed by atoms with Crippen LogP contribution in [0.1, 0.15) is 16.7 Å². The van der Waals surface area contributed by atoms with Crippen molar-refractivity contribution < 1.29 is 4.42 Å². The van der Waals surface area contributed by atoms with E-state index in [1.54, 1.807) is 0 Å². The zero-order valence-electron chi connectivity index (χ0n) is 27.8. The summed E-state index contributed by atoms with van der Waals surface area (Å²) in [7, 11) is 0. The van der Waals surface area contributed by atoms with Crippen LogP contribution in [0.3, 0.4) is 0 Å². The number of rotatable bonds is 7. The van der Waals surface area contributed by atoms with E-state index in [1.807, 2.05) is 66.9 Å². The molecule has 0 saturated carbocycles. The Morgan fingerprint density at radius 2 is 1.16 bits per heavy atom. The number of hydrogen-bond acceptors (Lipinski definition) is 3. The van der Waals surface area contributed by atoms with Crippen LogP contribution in [0.4, 0.5) is 0 Å². The van der Waals surface area contributed by atoms with Gasteiger partial charge in [-0.1, -0.05) is 152 Å². The molecule has 3 heteroatoms. The van der Waals surface area contributed by atoms with Crippen molar-refractivity contribution in [2.75, 3.05) is 0 Å². The molecule has 51 heavy (non-hydrogen) atoms. The smallest absolute Gasteiger partial charge is 0.135 e. The molecule has 9 rings (SSSR count). The first kappa shape index (κ1) is 30.2. The van der Waals surface area contributed by atoms with Crippen LogP contribution in [0.5, 0.6) is 0 Å². The van der Waals surface area contributed by atoms with Crippen molar-refractivity contribution in [3.8, 4) is 22.5 Å². The summed E-state index contributed by atoms with van der Waals surface area (Å²) in [6, 6.07) is 60.5. The molecule has 0 spiro atoms. The highest BCUT2D eigenvalue weighted by Crippen LogP contribution is 2.34. The lowest BCUT2D eigenvalue weighted by Crippen LogP contribution is -1.97. The van der Waals surface area contributed by atoms with E-state index >= 15 is 0 Å². The SMILES string of the molecule is N=C(/C=C(\N=Cc1c2ccccc2cc2c1ccc1ccccc12)c1cccc(-c2cc3ccccc3o2)c1)c1ccc(-c2ccccc2)cc1. The highest BCUT2D eigenvalue weighted by atomic mass is 16.3. The highest BCUT2D eigenvalue weighted by Gasteiger charge is 2.12. The first-order valence-electron chi connectivity index (χ1n) is 17.1. The minimum absolute atomic E-state index is 0.379. The van der Waals surface area contributed by atoms with Crippen molar-refractivity contribution in [3.05, 3.63) is 199 Å². The third kappa shape index (κ3) is 5.81. The second kappa shape index (κ2) is 12.9. The fraction of sp³-hybridized carbons (Fsp3) is 0. The third-order valence-electron chi connectivity index (χ3n) is 9.60. The number of hydrogen-bond donors (Lipinski definition) is 1. The molecule has 0 unspecified atom stereocenters. The Labute approximate surface area is 296 Å². The standard InChI is InChI=1S/C48H32N2O/c49-45(35-23-21-33(22-24-35)32-11-2-1-3-12-32)30-46(37-16-10-17-38(27-37)48-29-39-15-6-9-20-47(39)51-48)50-31-44-41-19-8-5-14-36(41)28-43-40-18-7-4-13-34(40)25-26-42(43)44/h1-31,49H/b46-30-,49-45?,50-31?. The first-order valence-corrected chi connectivity index (χ1v) is 17.1. The van der Waals surface area contributed by atoms with Gasteiger partial charge in [0.15, 0.2) is 0 Å². The molecular weight excluding hydrogens is 621 g/mol. The Balaban J connectivity index is 1.18. The van der Waals surface area contributed by atoms with Crippen molar-refractivity contribution >= 4 is 60.9 Å². The Bertz CT molecular complexity index is 2770. The molecule has 1 N–H and O–H groups in total. The van der Waals surface area contributed by atoms with Crippen molar-refractivity contribution in [2.24, 2.45) is 4.99 Å². The second-order valence-corrected chi connectivity index (χ2v) is 12.8. The summed E-state index contributed by atoms with van der Waals surface area (Å²) < 4.78 is 6.25. The van der Waals surface area contributed by atoms with E-state index in [2.05, 4.69) is 121 Å². The van der Waals surface area contributed by atoms with Gasteiger partial charge < -0.3 is 9.83 Å². The lowest BCUT2D eigenvalue weighted by Gasteiger charge is -2.12. The van der Waals surface area contributed by atoms with E-state index in [0.29, 0.717) is 11.4 Å². The van der Waals surface area contributed by atoms with Crippen LogP contribution in [-0.2, 0) is 0 Å². The van der Waals surface area contributed by atoms with Gasteiger partial charge in [0.2, 0.25) is 0 Å². The third-order valence-corrected chi connectivity index (χ3v) is 9.60. The van der Waals surface area contributed by atoms with E-state index < -0.39 is 0 Å². The maximum absolute atomic E-state index is 9.24. The zero-order valence-corrected chi connectivity index (χ0v) is 27.8. The second-order valence-electron chi connectivity index (χ2n) is 12.8. The van der Waals surface area contributed by atoms with Gasteiger partial charge in [0, 0.05) is 28.3 Å². The number of nitrogens with one attached hydrogen (secondary N) is 1. The summed E-state index contributed by atoms with van der Waals surface area (Å²) in [5.74, 6) is 0.792. The largest absolute Gasteiger partial charge is 0.456 e. The van der Waals surface area contributed by atoms with Gasteiger partial charge in [-0.15, -0.1) is 0 Å². The molecule has 0 fully saturated rings. The summed E-state index contributed by atoms with van der Waals surface area (Å²) in [5.41, 5.74) is 7.89. The van der Waals surface area contributed by atoms with Crippen molar-refractivity contribution in [3.63, 3.8) is 0 Å². The van der Waals surface area contributed by atoms with Crippen LogP contribution in [-0.4, -0.2) is 11.9 Å². The molecule has 240 valence electrons. The normalized spacial score (nSPS) is 12.0. The Morgan fingerprint density at radius 3 is 1.98 bits per heavy atom. The Morgan fingerprint density at radius 1 is 0.471 bits per heavy atom. The van der Waals surface area contributed by atoms with Gasteiger partial charge in [0.25, 0.3) is 0 Å². The fourth-order valence-electron chi connectivity index (χ4n) is 6.97. The van der Waals surface area contributed by atoms with Crippen molar-refractivity contribution in [2.45, 2.75) is 0 Å². The van der Waals surface area contributed by atoms with Crippen molar-refractivity contribution in [1.82, 2.24) is 0 Å². The number of allylic oxidation sites excluding steroid dienone is 1. The molecule has 1 heterocycles. The molecule has 3 nitrogen and oxygen atoms in total. The molecule has 0 aliphatic heterocycles. The maximum atomic E-state index is 9.24. The van der Waals surface area contributed by atoms with Crippen LogP contribution in [0, 0.1) is 5.41 Å². The maximum Gasteiger partial charge on any atom is 0.135 e. The molecule has 0 radical (unpaired) electrons. The lowest BCUT2D eigenvalue weighted by atomic mass is 9.94. The van der Waals surface area contributed by atoms with Gasteiger partial charge in [-0.05, 0) is 79.3 Å².